The normalized spacial score (nSPS) is 21.5. The van der Waals surface area contributed by atoms with E-state index < -0.39 is 28.6 Å². The van der Waals surface area contributed by atoms with Crippen molar-refractivity contribution in [3.05, 3.63) is 40.4 Å². The van der Waals surface area contributed by atoms with Gasteiger partial charge in [0.2, 0.25) is 0 Å². The van der Waals surface area contributed by atoms with Crippen molar-refractivity contribution in [2.45, 2.75) is 19.5 Å². The number of anilines is 1. The summed E-state index contributed by atoms with van der Waals surface area (Å²) in [6, 6.07) is 3.81. The monoisotopic (exact) mass is 358 g/mol. The number of nitrogens with zero attached hydrogens (tertiary/aromatic N) is 2. The molecule has 0 saturated heterocycles. The topological polar surface area (TPSA) is 52.9 Å². The van der Waals surface area contributed by atoms with Crippen molar-refractivity contribution in [3.8, 4) is 0 Å². The predicted octanol–water partition coefficient (Wildman–Crippen LogP) is 3.43. The largest absolute Gasteiger partial charge is 0.477 e. The van der Waals surface area contributed by atoms with Crippen molar-refractivity contribution in [1.29, 1.82) is 0 Å². The summed E-state index contributed by atoms with van der Waals surface area (Å²) in [6.07, 6.45) is -2.30. The molecule has 0 aromatic heterocycles. The first-order chi connectivity index (χ1) is 11.3. The van der Waals surface area contributed by atoms with Crippen molar-refractivity contribution in [1.82, 2.24) is 0 Å². The van der Waals surface area contributed by atoms with Gasteiger partial charge in [0, 0.05) is 18.4 Å². The van der Waals surface area contributed by atoms with Gasteiger partial charge in [0.25, 0.3) is 0 Å². The lowest BCUT2D eigenvalue weighted by Gasteiger charge is -2.25. The summed E-state index contributed by atoms with van der Waals surface area (Å²) in [7, 11) is -0.997. The van der Waals surface area contributed by atoms with Crippen LogP contribution in [-0.4, -0.2) is 35.0 Å². The number of aliphatic carboxylic acids is 1. The van der Waals surface area contributed by atoms with Crippen molar-refractivity contribution >= 4 is 27.6 Å². The van der Waals surface area contributed by atoms with E-state index in [1.165, 1.54) is 18.3 Å². The van der Waals surface area contributed by atoms with Crippen LogP contribution in [0.5, 0.6) is 0 Å². The van der Waals surface area contributed by atoms with E-state index in [9.17, 15) is 23.1 Å². The Hall–Kier alpha value is -1.96. The number of fused-ring (bicyclic) bond motifs is 1. The van der Waals surface area contributed by atoms with Crippen LogP contribution in [0.1, 0.15) is 18.1 Å². The van der Waals surface area contributed by atoms with Gasteiger partial charge in [-0.2, -0.15) is 24.1 Å². The molecular formula is C16H17F3N2O2S. The average molecular weight is 358 g/mol. The van der Waals surface area contributed by atoms with E-state index in [4.69, 9.17) is 0 Å². The number of halogens is 3. The molecule has 2 aliphatic rings. The highest BCUT2D eigenvalue weighted by atomic mass is 32.2. The van der Waals surface area contributed by atoms with Gasteiger partial charge in [-0.15, -0.1) is 0 Å². The van der Waals surface area contributed by atoms with E-state index in [0.29, 0.717) is 35.9 Å². The molecular weight excluding hydrogens is 341 g/mol. The van der Waals surface area contributed by atoms with Crippen LogP contribution in [0.15, 0.2) is 34.3 Å². The highest BCUT2D eigenvalue weighted by Crippen LogP contribution is 2.43. The molecule has 0 radical (unpaired) electrons. The number of rotatable bonds is 4. The van der Waals surface area contributed by atoms with E-state index in [1.807, 2.05) is 11.8 Å². The summed E-state index contributed by atoms with van der Waals surface area (Å²) in [5.74, 6) is -0.307. The van der Waals surface area contributed by atoms with Gasteiger partial charge in [0.15, 0.2) is 0 Å². The number of alkyl halides is 3. The van der Waals surface area contributed by atoms with E-state index in [0.717, 1.165) is 16.7 Å². The van der Waals surface area contributed by atoms with Gasteiger partial charge in [-0.05, 0) is 29.9 Å². The summed E-state index contributed by atoms with van der Waals surface area (Å²) in [5.41, 5.74) is 0.791. The lowest BCUT2D eigenvalue weighted by atomic mass is 10.1. The van der Waals surface area contributed by atoms with Crippen molar-refractivity contribution in [2.24, 2.45) is 4.99 Å². The van der Waals surface area contributed by atoms with Gasteiger partial charge >= 0.3 is 12.1 Å². The maximum atomic E-state index is 12.9. The first kappa shape index (κ1) is 16.9. The van der Waals surface area contributed by atoms with E-state index >= 15 is 0 Å². The summed E-state index contributed by atoms with van der Waals surface area (Å²) < 4.78 is 38.8. The van der Waals surface area contributed by atoms with Crippen LogP contribution in [0.25, 0.3) is 0 Å². The van der Waals surface area contributed by atoms with Crippen LogP contribution in [0.4, 0.5) is 18.9 Å². The van der Waals surface area contributed by atoms with Crippen molar-refractivity contribution < 1.29 is 23.1 Å². The number of hydrogen-bond donors (Lipinski definition) is 2. The number of aliphatic imine (C=N–C) groups is 1. The van der Waals surface area contributed by atoms with E-state index in [1.54, 1.807) is 0 Å². The molecule has 1 aromatic carbocycles. The molecule has 0 amide bonds. The van der Waals surface area contributed by atoms with Crippen LogP contribution in [0.2, 0.25) is 0 Å². The minimum absolute atomic E-state index is 0.311. The number of carboxylic acids is 1. The van der Waals surface area contributed by atoms with Crippen LogP contribution in [-0.2, 0) is 17.4 Å². The molecule has 1 N–H and O–H groups in total. The highest BCUT2D eigenvalue weighted by molar-refractivity contribution is 8.33. The molecule has 3 rings (SSSR count). The zero-order valence-electron chi connectivity index (χ0n) is 13.0. The van der Waals surface area contributed by atoms with Gasteiger partial charge in [0.1, 0.15) is 0 Å². The molecule has 2 heterocycles. The standard InChI is InChI=1S/C16H17F3N2O2S/c1-2-24-13(15(22)23)8-20-14(24)9-21-6-5-10-3-4-11(7-12(10)21)16(17,18)19/h3-4,7-8,24H,2,5-6,9H2,1H3,(H,22,23). The number of carboxylic acid groups (broad SMARTS) is 1. The molecule has 0 spiro atoms. The third-order valence-corrected chi connectivity index (χ3v) is 6.61. The maximum Gasteiger partial charge on any atom is 0.416 e. The van der Waals surface area contributed by atoms with Gasteiger partial charge in [-0.3, -0.25) is 4.99 Å². The molecule has 1 unspecified atom stereocenters. The fourth-order valence-corrected chi connectivity index (χ4v) is 4.97. The quantitative estimate of drug-likeness (QED) is 0.811. The molecule has 1 atom stereocenters. The second-order valence-electron chi connectivity index (χ2n) is 5.62. The summed E-state index contributed by atoms with van der Waals surface area (Å²) in [4.78, 5) is 17.7. The van der Waals surface area contributed by atoms with Crippen LogP contribution < -0.4 is 4.90 Å². The summed E-state index contributed by atoms with van der Waals surface area (Å²) in [5, 5.41) is 9.97. The lowest BCUT2D eigenvalue weighted by molar-refractivity contribution is -0.137. The fourth-order valence-electron chi connectivity index (χ4n) is 3.02. The zero-order valence-corrected chi connectivity index (χ0v) is 13.9. The maximum absolute atomic E-state index is 12.9. The second-order valence-corrected chi connectivity index (χ2v) is 8.11. The molecule has 0 saturated carbocycles. The number of carbonyl (C=O) groups is 1. The van der Waals surface area contributed by atoms with Gasteiger partial charge in [0.05, 0.1) is 22.1 Å². The molecule has 24 heavy (non-hydrogen) atoms. The molecule has 8 heteroatoms. The Labute approximate surface area is 140 Å². The van der Waals surface area contributed by atoms with Crippen LogP contribution in [0, 0.1) is 0 Å². The van der Waals surface area contributed by atoms with Crippen molar-refractivity contribution in [2.75, 3.05) is 23.7 Å². The Balaban J connectivity index is 1.82. The SMILES string of the molecule is CC[SH]1C(C(=O)O)=CN=C1CN1CCc2ccc(C(F)(F)F)cc21. The zero-order chi connectivity index (χ0) is 17.5. The number of hydrogen-bond acceptors (Lipinski definition) is 3. The van der Waals surface area contributed by atoms with Gasteiger partial charge < -0.3 is 10.0 Å². The third-order valence-electron chi connectivity index (χ3n) is 4.21. The first-order valence-corrected chi connectivity index (χ1v) is 9.06. The summed E-state index contributed by atoms with van der Waals surface area (Å²) >= 11 is 0. The minimum Gasteiger partial charge on any atom is -0.477 e. The average Bonchev–Trinajstić information content (AvgIpc) is 3.10. The highest BCUT2D eigenvalue weighted by Gasteiger charge is 2.33. The molecule has 0 aliphatic carbocycles. The van der Waals surface area contributed by atoms with Crippen LogP contribution in [0.3, 0.4) is 0 Å². The minimum atomic E-state index is -4.37. The molecule has 0 bridgehead atoms. The lowest BCUT2D eigenvalue weighted by Crippen LogP contribution is -2.28. The Kier molecular flexibility index (Phi) is 4.33. The smallest absolute Gasteiger partial charge is 0.416 e. The van der Waals surface area contributed by atoms with E-state index in [-0.39, 0.29) is 0 Å². The van der Waals surface area contributed by atoms with Gasteiger partial charge in [-0.25, -0.2) is 4.79 Å². The predicted molar refractivity (Wildman–Crippen MR) is 90.0 cm³/mol. The molecule has 130 valence electrons. The Morgan fingerprint density at radius 1 is 1.42 bits per heavy atom. The fraction of sp³-hybridized carbons (Fsp3) is 0.375. The summed E-state index contributed by atoms with van der Waals surface area (Å²) in [6.45, 7) is 2.90. The number of benzene rings is 1. The molecule has 0 fully saturated rings. The first-order valence-electron chi connectivity index (χ1n) is 7.54. The third kappa shape index (κ3) is 3.02. The van der Waals surface area contributed by atoms with Crippen LogP contribution >= 0.6 is 10.9 Å². The molecule has 2 aliphatic heterocycles. The molecule has 4 nitrogen and oxygen atoms in total. The Morgan fingerprint density at radius 2 is 2.17 bits per heavy atom. The second kappa shape index (κ2) is 6.16. The Bertz CT molecular complexity index is 743. The van der Waals surface area contributed by atoms with Crippen molar-refractivity contribution in [3.63, 3.8) is 0 Å². The number of thiol groups is 1. The van der Waals surface area contributed by atoms with E-state index in [2.05, 4.69) is 4.99 Å². The van der Waals surface area contributed by atoms with Gasteiger partial charge in [-0.1, -0.05) is 13.0 Å². The Morgan fingerprint density at radius 3 is 2.79 bits per heavy atom. The molecule has 1 aromatic rings.